The number of aryl methyl sites for hydroxylation is 2. The maximum absolute atomic E-state index is 12.7. The van der Waals surface area contributed by atoms with Crippen molar-refractivity contribution in [3.8, 4) is 10.6 Å². The van der Waals surface area contributed by atoms with E-state index < -0.39 is 26.2 Å². The van der Waals surface area contributed by atoms with Gasteiger partial charge in [0, 0.05) is 31.5 Å². The second kappa shape index (κ2) is 7.22. The average Bonchev–Trinajstić information content (AvgIpc) is 3.12. The molecule has 2 aromatic carbocycles. The summed E-state index contributed by atoms with van der Waals surface area (Å²) < 4.78 is 30.7. The van der Waals surface area contributed by atoms with E-state index in [1.807, 2.05) is 19.1 Å². The topological polar surface area (TPSA) is 103 Å². The van der Waals surface area contributed by atoms with Crippen LogP contribution >= 0.6 is 11.3 Å². The molecule has 0 bridgehead atoms. The van der Waals surface area contributed by atoms with Crippen LogP contribution in [0.15, 0.2) is 63.1 Å². The van der Waals surface area contributed by atoms with Crippen molar-refractivity contribution in [1.82, 2.24) is 14.1 Å². The molecule has 0 aliphatic carbocycles. The molecule has 0 fully saturated rings. The Labute approximate surface area is 176 Å². The Hall–Kier alpha value is -3.24. The van der Waals surface area contributed by atoms with E-state index >= 15 is 0 Å². The molecule has 8 nitrogen and oxygen atoms in total. The van der Waals surface area contributed by atoms with E-state index in [2.05, 4.69) is 15.8 Å². The third-order valence-electron chi connectivity index (χ3n) is 4.63. The maximum atomic E-state index is 12.7. The molecule has 0 spiro atoms. The van der Waals surface area contributed by atoms with Gasteiger partial charge in [-0.15, -0.1) is 11.3 Å². The van der Waals surface area contributed by atoms with Gasteiger partial charge in [0.2, 0.25) is 0 Å². The van der Waals surface area contributed by atoms with Crippen LogP contribution in [0, 0.1) is 6.92 Å². The van der Waals surface area contributed by atoms with Crippen molar-refractivity contribution in [3.05, 3.63) is 75.1 Å². The summed E-state index contributed by atoms with van der Waals surface area (Å²) in [6.07, 6.45) is 1.02. The van der Waals surface area contributed by atoms with Gasteiger partial charge in [-0.3, -0.25) is 14.1 Å². The van der Waals surface area contributed by atoms with E-state index in [4.69, 9.17) is 0 Å². The molecule has 4 aromatic rings. The van der Waals surface area contributed by atoms with E-state index in [1.165, 1.54) is 14.1 Å². The lowest BCUT2D eigenvalue weighted by atomic mass is 10.2. The molecule has 0 saturated carbocycles. The largest absolute Gasteiger partial charge is 0.330 e. The van der Waals surface area contributed by atoms with E-state index in [0.717, 1.165) is 41.7 Å². The number of nitrogens with zero attached hydrogens (tertiary/aromatic N) is 3. The quantitative estimate of drug-likeness (QED) is 0.523. The van der Waals surface area contributed by atoms with Crippen LogP contribution in [0.25, 0.3) is 20.8 Å². The van der Waals surface area contributed by atoms with E-state index in [1.54, 1.807) is 35.6 Å². The number of sulfonamides is 1. The van der Waals surface area contributed by atoms with Crippen molar-refractivity contribution in [3.63, 3.8) is 0 Å². The molecule has 4 rings (SSSR count). The first-order chi connectivity index (χ1) is 14.2. The highest BCUT2D eigenvalue weighted by atomic mass is 32.2. The molecule has 10 heteroatoms. The summed E-state index contributed by atoms with van der Waals surface area (Å²) in [6.45, 7) is 2.03. The first-order valence-electron chi connectivity index (χ1n) is 8.93. The van der Waals surface area contributed by atoms with Crippen LogP contribution in [0.5, 0.6) is 0 Å². The van der Waals surface area contributed by atoms with Gasteiger partial charge in [0.05, 0.1) is 10.2 Å². The lowest BCUT2D eigenvalue weighted by Crippen LogP contribution is -2.40. The second-order valence-electron chi connectivity index (χ2n) is 6.92. The number of thiazole rings is 1. The molecule has 0 aliphatic heterocycles. The zero-order chi connectivity index (χ0) is 21.6. The van der Waals surface area contributed by atoms with Crippen molar-refractivity contribution in [2.24, 2.45) is 14.1 Å². The van der Waals surface area contributed by atoms with E-state index in [0.29, 0.717) is 5.69 Å². The molecule has 1 N–H and O–H groups in total. The molecule has 0 amide bonds. The molecular formula is C20H18N4O4S2. The zero-order valence-corrected chi connectivity index (χ0v) is 18.0. The molecular weight excluding hydrogens is 424 g/mol. The van der Waals surface area contributed by atoms with Crippen molar-refractivity contribution in [2.75, 3.05) is 4.72 Å². The highest BCUT2D eigenvalue weighted by Crippen LogP contribution is 2.31. The number of benzene rings is 2. The third kappa shape index (κ3) is 3.55. The minimum Gasteiger partial charge on any atom is -0.302 e. The summed E-state index contributed by atoms with van der Waals surface area (Å²) in [5, 5.41) is 0.830. The van der Waals surface area contributed by atoms with Crippen LogP contribution < -0.4 is 16.0 Å². The van der Waals surface area contributed by atoms with Crippen molar-refractivity contribution >= 4 is 37.3 Å². The number of fused-ring (bicyclic) bond motifs is 1. The monoisotopic (exact) mass is 442 g/mol. The van der Waals surface area contributed by atoms with Crippen molar-refractivity contribution in [1.29, 1.82) is 0 Å². The number of nitrogens with one attached hydrogen (secondary N) is 1. The molecule has 0 saturated heterocycles. The highest BCUT2D eigenvalue weighted by molar-refractivity contribution is 7.92. The van der Waals surface area contributed by atoms with Gasteiger partial charge in [0.25, 0.3) is 15.6 Å². The van der Waals surface area contributed by atoms with E-state index in [-0.39, 0.29) is 0 Å². The molecule has 154 valence electrons. The van der Waals surface area contributed by atoms with Gasteiger partial charge < -0.3 is 4.57 Å². The normalized spacial score (nSPS) is 11.7. The lowest BCUT2D eigenvalue weighted by molar-refractivity contribution is 0.589. The minimum atomic E-state index is -4.16. The molecule has 0 aliphatic rings. The smallest absolute Gasteiger partial charge is 0.302 e. The van der Waals surface area contributed by atoms with Crippen LogP contribution in [0.1, 0.15) is 5.56 Å². The fourth-order valence-corrected chi connectivity index (χ4v) is 5.30. The van der Waals surface area contributed by atoms with E-state index in [9.17, 15) is 18.0 Å². The average molecular weight is 443 g/mol. The predicted molar refractivity (Wildman–Crippen MR) is 118 cm³/mol. The number of rotatable bonds is 4. The summed E-state index contributed by atoms with van der Waals surface area (Å²) >= 11 is 1.56. The third-order valence-corrected chi connectivity index (χ3v) is 7.06. The first-order valence-corrected chi connectivity index (χ1v) is 11.2. The Balaban J connectivity index is 1.64. The van der Waals surface area contributed by atoms with Crippen LogP contribution in [-0.2, 0) is 24.1 Å². The minimum absolute atomic E-state index is 0.298. The van der Waals surface area contributed by atoms with Gasteiger partial charge in [0.1, 0.15) is 5.01 Å². The lowest BCUT2D eigenvalue weighted by Gasteiger charge is -2.10. The zero-order valence-electron chi connectivity index (χ0n) is 16.4. The summed E-state index contributed by atoms with van der Waals surface area (Å²) in [4.78, 5) is 28.2. The van der Waals surface area contributed by atoms with Gasteiger partial charge in [-0.05, 0) is 48.9 Å². The van der Waals surface area contributed by atoms with Crippen molar-refractivity contribution in [2.45, 2.75) is 11.8 Å². The van der Waals surface area contributed by atoms with Gasteiger partial charge in [0.15, 0.2) is 4.90 Å². The van der Waals surface area contributed by atoms with Crippen LogP contribution in [0.4, 0.5) is 5.69 Å². The Morgan fingerprint density at radius 1 is 1.03 bits per heavy atom. The first kappa shape index (κ1) is 20.0. The summed E-state index contributed by atoms with van der Waals surface area (Å²) in [5.41, 5.74) is 1.74. The maximum Gasteiger partial charge on any atom is 0.330 e. The highest BCUT2D eigenvalue weighted by Gasteiger charge is 2.21. The Morgan fingerprint density at radius 2 is 1.73 bits per heavy atom. The molecule has 0 radical (unpaired) electrons. The van der Waals surface area contributed by atoms with Gasteiger partial charge in [-0.1, -0.05) is 6.07 Å². The van der Waals surface area contributed by atoms with Gasteiger partial charge >= 0.3 is 5.69 Å². The summed E-state index contributed by atoms with van der Waals surface area (Å²) in [7, 11) is -1.55. The summed E-state index contributed by atoms with van der Waals surface area (Å²) in [5.74, 6) is 0. The molecule has 30 heavy (non-hydrogen) atoms. The summed E-state index contributed by atoms with van der Waals surface area (Å²) in [6, 6.07) is 12.8. The van der Waals surface area contributed by atoms with Gasteiger partial charge in [-0.25, -0.2) is 18.2 Å². The Kier molecular flexibility index (Phi) is 4.83. The van der Waals surface area contributed by atoms with Crippen LogP contribution in [0.3, 0.4) is 0 Å². The molecule has 0 atom stereocenters. The standard InChI is InChI=1S/C20H18N4O4S2/c1-12-4-9-15-16(10-12)29-18(21-15)13-5-7-14(8-6-13)22-30(27,28)17-11-23(2)20(26)24(3)19(17)25/h4-11,22H,1-3H3. The Morgan fingerprint density at radius 3 is 2.43 bits per heavy atom. The SMILES string of the molecule is Cc1ccc2nc(-c3ccc(NS(=O)(=O)c4cn(C)c(=O)n(C)c4=O)cc3)sc2c1. The number of hydrogen-bond acceptors (Lipinski definition) is 6. The molecule has 2 heterocycles. The van der Waals surface area contributed by atoms with Gasteiger partial charge in [-0.2, -0.15) is 0 Å². The van der Waals surface area contributed by atoms with Crippen molar-refractivity contribution < 1.29 is 8.42 Å². The fraction of sp³-hybridized carbons (Fsp3) is 0.150. The predicted octanol–water partition coefficient (Wildman–Crippen LogP) is 2.47. The number of aromatic nitrogens is 3. The molecule has 0 unspecified atom stereocenters. The number of hydrogen-bond donors (Lipinski definition) is 1. The van der Waals surface area contributed by atoms with Crippen LogP contribution in [0.2, 0.25) is 0 Å². The Bertz CT molecular complexity index is 1500. The molecule has 2 aromatic heterocycles. The second-order valence-corrected chi connectivity index (χ2v) is 9.61. The van der Waals surface area contributed by atoms with Crippen LogP contribution in [-0.4, -0.2) is 22.5 Å². The number of anilines is 1. The fourth-order valence-electron chi connectivity index (χ4n) is 3.01.